The fraction of sp³-hybridized carbons (Fsp3) is 0.812. The summed E-state index contributed by atoms with van der Waals surface area (Å²) in [5.74, 6) is 0. The van der Waals surface area contributed by atoms with Gasteiger partial charge in [0.25, 0.3) is 0 Å². The van der Waals surface area contributed by atoms with Crippen molar-refractivity contribution in [2.75, 3.05) is 0 Å². The van der Waals surface area contributed by atoms with Gasteiger partial charge in [-0.05, 0) is 44.6 Å². The van der Waals surface area contributed by atoms with E-state index in [1.54, 1.807) is 0 Å². The van der Waals surface area contributed by atoms with Crippen LogP contribution in [-0.2, 0) is 17.7 Å². The molecule has 2 fully saturated rings. The molecule has 0 amide bonds. The lowest BCUT2D eigenvalue weighted by Crippen LogP contribution is -2.32. The molecule has 2 heterocycles. The molecule has 3 rings (SSSR count). The zero-order valence-corrected chi connectivity index (χ0v) is 12.6. The Bertz CT molecular complexity index is 435. The topological polar surface area (TPSA) is 53.1 Å². The molecule has 1 saturated heterocycles. The van der Waals surface area contributed by atoms with Gasteiger partial charge in [-0.25, -0.2) is 0 Å². The Balaban J connectivity index is 1.55. The van der Waals surface area contributed by atoms with Crippen molar-refractivity contribution in [3.63, 3.8) is 0 Å². The van der Waals surface area contributed by atoms with Crippen LogP contribution >= 0.6 is 0 Å². The molecule has 0 bridgehead atoms. The van der Waals surface area contributed by atoms with Gasteiger partial charge in [0.1, 0.15) is 0 Å². The second kappa shape index (κ2) is 5.86. The van der Waals surface area contributed by atoms with Gasteiger partial charge in [0.2, 0.25) is 0 Å². The summed E-state index contributed by atoms with van der Waals surface area (Å²) in [5, 5.41) is 4.45. The van der Waals surface area contributed by atoms with Crippen molar-refractivity contribution < 1.29 is 4.74 Å². The van der Waals surface area contributed by atoms with Crippen molar-refractivity contribution >= 4 is 0 Å². The maximum Gasteiger partial charge on any atom is 0.0779 e. The largest absolute Gasteiger partial charge is 0.370 e. The van der Waals surface area contributed by atoms with Crippen LogP contribution < -0.4 is 5.73 Å². The van der Waals surface area contributed by atoms with Crippen LogP contribution in [0.4, 0.5) is 0 Å². The fourth-order valence-electron chi connectivity index (χ4n) is 3.78. The van der Waals surface area contributed by atoms with Crippen LogP contribution in [0.2, 0.25) is 0 Å². The Kier molecular flexibility index (Phi) is 4.13. The highest BCUT2D eigenvalue weighted by Gasteiger charge is 2.40. The number of nitrogens with zero attached hydrogens (tertiary/aromatic N) is 2. The number of hydrogen-bond acceptors (Lipinski definition) is 3. The first kappa shape index (κ1) is 14.1. The van der Waals surface area contributed by atoms with Gasteiger partial charge in [-0.3, -0.25) is 4.68 Å². The van der Waals surface area contributed by atoms with Crippen LogP contribution in [0.3, 0.4) is 0 Å². The number of nitrogens with two attached hydrogens (primary N) is 1. The van der Waals surface area contributed by atoms with E-state index < -0.39 is 0 Å². The van der Waals surface area contributed by atoms with E-state index in [1.807, 2.05) is 17.8 Å². The van der Waals surface area contributed by atoms with Crippen molar-refractivity contribution in [3.05, 3.63) is 18.0 Å². The number of aromatic nitrogens is 2. The molecule has 4 nitrogen and oxygen atoms in total. The molecule has 2 unspecified atom stereocenters. The predicted molar refractivity (Wildman–Crippen MR) is 79.5 cm³/mol. The first-order chi connectivity index (χ1) is 9.65. The lowest BCUT2D eigenvalue weighted by atomic mass is 9.83. The van der Waals surface area contributed by atoms with Crippen molar-refractivity contribution in [3.8, 4) is 0 Å². The summed E-state index contributed by atoms with van der Waals surface area (Å²) in [4.78, 5) is 0. The smallest absolute Gasteiger partial charge is 0.0779 e. The minimum absolute atomic E-state index is 0.195. The molecule has 1 aliphatic heterocycles. The molecule has 2 atom stereocenters. The van der Waals surface area contributed by atoms with Crippen LogP contribution in [0.25, 0.3) is 0 Å². The zero-order valence-electron chi connectivity index (χ0n) is 12.6. The third-order valence-electron chi connectivity index (χ3n) is 4.74. The number of hydrogen-bond donors (Lipinski definition) is 1. The molecule has 2 aliphatic rings. The fourth-order valence-corrected chi connectivity index (χ4v) is 3.78. The van der Waals surface area contributed by atoms with E-state index >= 15 is 0 Å². The summed E-state index contributed by atoms with van der Waals surface area (Å²) in [7, 11) is 0. The molecule has 1 spiro atoms. The average Bonchev–Trinajstić information content (AvgIpc) is 2.99. The van der Waals surface area contributed by atoms with Crippen molar-refractivity contribution in [2.24, 2.45) is 5.73 Å². The third kappa shape index (κ3) is 3.23. The maximum atomic E-state index is 6.40. The Labute approximate surface area is 121 Å². The second-order valence-corrected chi connectivity index (χ2v) is 6.77. The first-order valence-corrected chi connectivity index (χ1v) is 8.10. The molecule has 0 aromatic carbocycles. The Morgan fingerprint density at radius 1 is 1.40 bits per heavy atom. The van der Waals surface area contributed by atoms with E-state index in [-0.39, 0.29) is 11.6 Å². The van der Waals surface area contributed by atoms with Gasteiger partial charge in [-0.1, -0.05) is 19.3 Å². The molecule has 1 aliphatic carbocycles. The third-order valence-corrected chi connectivity index (χ3v) is 4.74. The molecule has 112 valence electrons. The van der Waals surface area contributed by atoms with Gasteiger partial charge in [0, 0.05) is 12.2 Å². The summed E-state index contributed by atoms with van der Waals surface area (Å²) in [6.07, 6.45) is 14.3. The van der Waals surface area contributed by atoms with Gasteiger partial charge in [-0.15, -0.1) is 0 Å². The van der Waals surface area contributed by atoms with E-state index in [4.69, 9.17) is 10.5 Å². The first-order valence-electron chi connectivity index (χ1n) is 8.10. The molecule has 20 heavy (non-hydrogen) atoms. The molecule has 1 saturated carbocycles. The van der Waals surface area contributed by atoms with Crippen molar-refractivity contribution in [2.45, 2.75) is 82.6 Å². The summed E-state index contributed by atoms with van der Waals surface area (Å²) in [6, 6.07) is 0.195. The van der Waals surface area contributed by atoms with Gasteiger partial charge in [0.05, 0.1) is 24.4 Å². The Hall–Kier alpha value is -0.870. The van der Waals surface area contributed by atoms with E-state index in [9.17, 15) is 0 Å². The minimum Gasteiger partial charge on any atom is -0.370 e. The predicted octanol–water partition coefficient (Wildman–Crippen LogP) is 2.65. The van der Waals surface area contributed by atoms with Crippen LogP contribution in [-0.4, -0.2) is 27.5 Å². The second-order valence-electron chi connectivity index (χ2n) is 6.77. The minimum atomic E-state index is 0.195. The lowest BCUT2D eigenvalue weighted by Gasteiger charge is -2.33. The molecular formula is C16H27N3O. The maximum absolute atomic E-state index is 6.40. The molecule has 1 aromatic rings. The van der Waals surface area contributed by atoms with Crippen LogP contribution in [0.15, 0.2) is 12.4 Å². The molecule has 2 N–H and O–H groups in total. The van der Waals surface area contributed by atoms with Gasteiger partial charge in [0.15, 0.2) is 0 Å². The molecule has 1 aromatic heterocycles. The molecule has 4 heteroatoms. The average molecular weight is 277 g/mol. The van der Waals surface area contributed by atoms with Gasteiger partial charge >= 0.3 is 0 Å². The normalized spacial score (nSPS) is 27.0. The highest BCUT2D eigenvalue weighted by Crippen LogP contribution is 2.42. The van der Waals surface area contributed by atoms with E-state index in [0.29, 0.717) is 6.10 Å². The highest BCUT2D eigenvalue weighted by molar-refractivity contribution is 5.05. The van der Waals surface area contributed by atoms with Crippen LogP contribution in [0.1, 0.15) is 57.4 Å². The van der Waals surface area contributed by atoms with E-state index in [0.717, 1.165) is 13.0 Å². The summed E-state index contributed by atoms with van der Waals surface area (Å²) in [6.45, 7) is 2.92. The Morgan fingerprint density at radius 2 is 2.20 bits per heavy atom. The quantitative estimate of drug-likeness (QED) is 0.920. The summed E-state index contributed by atoms with van der Waals surface area (Å²) in [5.41, 5.74) is 7.27. The SMILES string of the molecule is CC(N)Cc1cnn(CC2CCC3(CCCCC3)O2)c1. The van der Waals surface area contributed by atoms with Gasteiger partial charge in [-0.2, -0.15) is 5.10 Å². The highest BCUT2D eigenvalue weighted by atomic mass is 16.5. The molecular weight excluding hydrogens is 250 g/mol. The monoisotopic (exact) mass is 277 g/mol. The zero-order chi connectivity index (χ0) is 14.0. The van der Waals surface area contributed by atoms with Crippen molar-refractivity contribution in [1.29, 1.82) is 0 Å². The number of ether oxygens (including phenoxy) is 1. The van der Waals surface area contributed by atoms with E-state index in [1.165, 1.54) is 50.5 Å². The summed E-state index contributed by atoms with van der Waals surface area (Å²) >= 11 is 0. The summed E-state index contributed by atoms with van der Waals surface area (Å²) < 4.78 is 8.43. The van der Waals surface area contributed by atoms with Crippen LogP contribution in [0, 0.1) is 0 Å². The standard InChI is InChI=1S/C16H27N3O/c1-13(17)9-14-10-18-19(11-14)12-15-5-8-16(20-15)6-3-2-4-7-16/h10-11,13,15H,2-9,12,17H2,1H3. The molecule has 0 radical (unpaired) electrons. The van der Waals surface area contributed by atoms with E-state index in [2.05, 4.69) is 11.3 Å². The number of rotatable bonds is 4. The Morgan fingerprint density at radius 3 is 2.95 bits per heavy atom. The van der Waals surface area contributed by atoms with Crippen LogP contribution in [0.5, 0.6) is 0 Å². The van der Waals surface area contributed by atoms with Gasteiger partial charge < -0.3 is 10.5 Å². The lowest BCUT2D eigenvalue weighted by molar-refractivity contribution is -0.0688. The van der Waals surface area contributed by atoms with Crippen molar-refractivity contribution in [1.82, 2.24) is 9.78 Å².